The molecule has 11 nitrogen and oxygen atoms in total. The predicted octanol–water partition coefficient (Wildman–Crippen LogP) is 6.14. The highest BCUT2D eigenvalue weighted by atomic mass is 28.4. The number of benzene rings is 2. The lowest BCUT2D eigenvalue weighted by Gasteiger charge is -2.47. The lowest BCUT2D eigenvalue weighted by atomic mass is 9.96. The number of ether oxygens (including phenoxy) is 4. The molecule has 1 heterocycles. The Morgan fingerprint density at radius 3 is 2.19 bits per heavy atom. The summed E-state index contributed by atoms with van der Waals surface area (Å²) in [5.74, 6) is -1.43. The zero-order chi connectivity index (χ0) is 31.6. The Bertz CT molecular complexity index is 1280. The maximum atomic E-state index is 12.9. The first-order valence-corrected chi connectivity index (χ1v) is 17.2. The molecule has 232 valence electrons. The highest BCUT2D eigenvalue weighted by molar-refractivity contribution is 6.74. The molecular weight excluding hydrogens is 570 g/mol. The Morgan fingerprint density at radius 1 is 0.977 bits per heavy atom. The molecule has 2 aromatic rings. The van der Waals surface area contributed by atoms with Gasteiger partial charge in [-0.3, -0.25) is 4.79 Å². The van der Waals surface area contributed by atoms with Crippen LogP contribution in [0.25, 0.3) is 10.4 Å². The number of nitrogens with zero attached hydrogens (tertiary/aromatic N) is 3. The van der Waals surface area contributed by atoms with Crippen LogP contribution in [0.4, 0.5) is 0 Å². The molecule has 1 aliphatic heterocycles. The number of Topliss-reactive ketones (excluding diaryl/α,β-unsaturated/α-hetero) is 1. The zero-order valence-corrected chi connectivity index (χ0v) is 26.6. The molecule has 0 unspecified atom stereocenters. The van der Waals surface area contributed by atoms with Gasteiger partial charge in [0.2, 0.25) is 0 Å². The molecule has 0 aliphatic carbocycles. The largest absolute Gasteiger partial charge is 0.459 e. The van der Waals surface area contributed by atoms with Gasteiger partial charge in [0.1, 0.15) is 30.6 Å². The van der Waals surface area contributed by atoms with E-state index >= 15 is 0 Å². The number of rotatable bonds is 13. The summed E-state index contributed by atoms with van der Waals surface area (Å²) in [7, 11) is -2.50. The number of hydrogen-bond donors (Lipinski definition) is 0. The van der Waals surface area contributed by atoms with Crippen molar-refractivity contribution in [1.29, 1.82) is 0 Å². The molecule has 1 fully saturated rings. The Balaban J connectivity index is 2.00. The smallest absolute Gasteiger partial charge is 0.338 e. The van der Waals surface area contributed by atoms with E-state index in [0.29, 0.717) is 5.56 Å². The van der Waals surface area contributed by atoms with Crippen LogP contribution in [0.15, 0.2) is 65.8 Å². The molecule has 1 saturated heterocycles. The Labute approximate surface area is 253 Å². The van der Waals surface area contributed by atoms with Gasteiger partial charge in [-0.2, -0.15) is 0 Å². The first-order valence-electron chi connectivity index (χ1n) is 14.3. The third-order valence-corrected chi connectivity index (χ3v) is 12.1. The maximum Gasteiger partial charge on any atom is 0.338 e. The van der Waals surface area contributed by atoms with Crippen LogP contribution in [0.2, 0.25) is 18.1 Å². The van der Waals surface area contributed by atoms with Crippen LogP contribution in [0.3, 0.4) is 0 Å². The summed E-state index contributed by atoms with van der Waals surface area (Å²) in [4.78, 5) is 40.4. The van der Waals surface area contributed by atoms with E-state index in [1.807, 2.05) is 43.4 Å². The first-order chi connectivity index (χ1) is 20.3. The van der Waals surface area contributed by atoms with Gasteiger partial charge < -0.3 is 28.2 Å². The quantitative estimate of drug-likeness (QED) is 0.0863. The van der Waals surface area contributed by atoms with Crippen molar-refractivity contribution in [3.05, 3.63) is 82.2 Å². The van der Waals surface area contributed by atoms with E-state index in [0.717, 1.165) is 5.56 Å². The van der Waals surface area contributed by atoms with E-state index in [1.54, 1.807) is 30.3 Å². The maximum absolute atomic E-state index is 12.9. The summed E-state index contributed by atoms with van der Waals surface area (Å²) in [6, 6.07) is 16.8. The summed E-state index contributed by atoms with van der Waals surface area (Å²) >= 11 is 0. The van der Waals surface area contributed by atoms with Gasteiger partial charge in [-0.25, -0.2) is 4.79 Å². The molecule has 1 aliphatic rings. The third-order valence-electron chi connectivity index (χ3n) is 7.64. The summed E-state index contributed by atoms with van der Waals surface area (Å²) in [6.45, 7) is 11.4. The van der Waals surface area contributed by atoms with Crippen molar-refractivity contribution in [2.24, 2.45) is 5.11 Å². The van der Waals surface area contributed by atoms with Crippen molar-refractivity contribution in [3.63, 3.8) is 0 Å². The van der Waals surface area contributed by atoms with Crippen molar-refractivity contribution in [3.8, 4) is 0 Å². The van der Waals surface area contributed by atoms with E-state index < -0.39 is 50.9 Å². The van der Waals surface area contributed by atoms with E-state index in [9.17, 15) is 19.9 Å². The van der Waals surface area contributed by atoms with E-state index in [-0.39, 0.29) is 36.9 Å². The van der Waals surface area contributed by atoms with Crippen molar-refractivity contribution < 1.29 is 37.8 Å². The molecule has 2 aromatic carbocycles. The molecule has 5 atom stereocenters. The third kappa shape index (κ3) is 9.74. The number of esters is 2. The molecule has 0 amide bonds. The van der Waals surface area contributed by atoms with Crippen LogP contribution in [-0.4, -0.2) is 63.3 Å². The number of azide groups is 1. The summed E-state index contributed by atoms with van der Waals surface area (Å²) in [5.41, 5.74) is 10.7. The fraction of sp³-hybridized carbons (Fsp3) is 0.516. The minimum atomic E-state index is -2.50. The molecule has 43 heavy (non-hydrogen) atoms. The molecule has 12 heteroatoms. The molecule has 0 aromatic heterocycles. The van der Waals surface area contributed by atoms with E-state index in [1.165, 1.54) is 6.92 Å². The van der Waals surface area contributed by atoms with Gasteiger partial charge in [-0.05, 0) is 48.3 Å². The number of carbonyl (C=O) groups is 3. The monoisotopic (exact) mass is 611 g/mol. The van der Waals surface area contributed by atoms with Crippen LogP contribution in [0.1, 0.15) is 56.5 Å². The van der Waals surface area contributed by atoms with Gasteiger partial charge in [-0.15, -0.1) is 0 Å². The minimum absolute atomic E-state index is 0.00745. The second kappa shape index (κ2) is 15.3. The predicted molar refractivity (Wildman–Crippen MR) is 161 cm³/mol. The van der Waals surface area contributed by atoms with Crippen molar-refractivity contribution >= 4 is 26.0 Å². The fourth-order valence-electron chi connectivity index (χ4n) is 4.18. The number of hydrogen-bond acceptors (Lipinski definition) is 9. The lowest BCUT2D eigenvalue weighted by Crippen LogP contribution is -2.63. The molecule has 0 radical (unpaired) electrons. The summed E-state index contributed by atoms with van der Waals surface area (Å²) in [6.07, 6.45) is -4.46. The van der Waals surface area contributed by atoms with Crippen LogP contribution in [0, 0.1) is 0 Å². The number of ketones is 1. The average Bonchev–Trinajstić information content (AvgIpc) is 2.96. The summed E-state index contributed by atoms with van der Waals surface area (Å²) < 4.78 is 30.7. The van der Waals surface area contributed by atoms with Crippen molar-refractivity contribution in [2.75, 3.05) is 6.61 Å². The minimum Gasteiger partial charge on any atom is -0.459 e. The standard InChI is InChI=1S/C31H41N3O8Si/c1-21(35)17-18-25(36)41-27-24(20-39-29(37)23-15-11-8-12-16-23)40-30(42-43(5,6)31(2,3)4)26(33-34-32)28(27)38-19-22-13-9-7-10-14-22/h7-16,24,26-28,30H,17-20H2,1-6H3/t24-,26-,27-,28-,30+/m1/s1. The molecule has 0 bridgehead atoms. The first kappa shape index (κ1) is 34.0. The Morgan fingerprint density at radius 2 is 1.60 bits per heavy atom. The van der Waals surface area contributed by atoms with Crippen LogP contribution < -0.4 is 0 Å². The topological polar surface area (TPSA) is 146 Å². The van der Waals surface area contributed by atoms with Gasteiger partial charge in [0.15, 0.2) is 20.7 Å². The fourth-order valence-corrected chi connectivity index (χ4v) is 5.31. The average molecular weight is 612 g/mol. The molecule has 0 saturated carbocycles. The second-order valence-corrected chi connectivity index (χ2v) is 16.8. The van der Waals surface area contributed by atoms with E-state index in [2.05, 4.69) is 30.8 Å². The van der Waals surface area contributed by atoms with Gasteiger partial charge in [0.05, 0.1) is 18.6 Å². The van der Waals surface area contributed by atoms with Gasteiger partial charge in [0.25, 0.3) is 0 Å². The highest BCUT2D eigenvalue weighted by Gasteiger charge is 2.52. The Hall–Kier alpha value is -3.54. The SMILES string of the molecule is CC(=O)CCC(=O)O[C@H]1[C@H](OCc2ccccc2)[C@@H](N=[N+]=[N-])[C@H](O[Si](C)(C)C(C)(C)C)O[C@@H]1COC(=O)c1ccccc1. The molecule has 0 N–H and O–H groups in total. The highest BCUT2D eigenvalue weighted by Crippen LogP contribution is 2.40. The Kier molecular flexibility index (Phi) is 12.1. The van der Waals surface area contributed by atoms with Crippen LogP contribution in [0.5, 0.6) is 0 Å². The molecule has 0 spiro atoms. The molecule has 3 rings (SSSR count). The summed E-state index contributed by atoms with van der Waals surface area (Å²) in [5, 5.41) is 3.79. The number of carbonyl (C=O) groups excluding carboxylic acids is 3. The van der Waals surface area contributed by atoms with Gasteiger partial charge in [0, 0.05) is 11.3 Å². The van der Waals surface area contributed by atoms with Crippen molar-refractivity contribution in [1.82, 2.24) is 0 Å². The normalized spacial score (nSPS) is 22.2. The van der Waals surface area contributed by atoms with E-state index in [4.69, 9.17) is 23.4 Å². The van der Waals surface area contributed by atoms with Crippen LogP contribution >= 0.6 is 0 Å². The second-order valence-electron chi connectivity index (χ2n) is 12.0. The van der Waals surface area contributed by atoms with Gasteiger partial charge in [-0.1, -0.05) is 74.4 Å². The lowest BCUT2D eigenvalue weighted by molar-refractivity contribution is -0.259. The van der Waals surface area contributed by atoms with Gasteiger partial charge >= 0.3 is 11.9 Å². The van der Waals surface area contributed by atoms with Crippen molar-refractivity contribution in [2.45, 2.75) is 95.9 Å². The van der Waals surface area contributed by atoms with Crippen LogP contribution in [-0.2, 0) is 39.6 Å². The zero-order valence-electron chi connectivity index (χ0n) is 25.6. The molecular formula is C31H41N3O8Si.